The first-order valence-electron chi connectivity index (χ1n) is 8.29. The number of hydrogen-bond donors (Lipinski definition) is 1. The number of aromatic amines is 1. The Morgan fingerprint density at radius 1 is 1.11 bits per heavy atom. The van der Waals surface area contributed by atoms with E-state index in [2.05, 4.69) is 19.9 Å². The van der Waals surface area contributed by atoms with Gasteiger partial charge in [0, 0.05) is 44.1 Å². The molecular formula is C17H15F3N6O. The number of amides is 1. The van der Waals surface area contributed by atoms with Gasteiger partial charge in [0.05, 0.1) is 17.2 Å². The molecule has 1 amide bonds. The molecule has 1 N–H and O–H groups in total. The summed E-state index contributed by atoms with van der Waals surface area (Å²) >= 11 is 0. The minimum Gasteiger partial charge on any atom is -0.352 e. The zero-order valence-corrected chi connectivity index (χ0v) is 14.1. The first kappa shape index (κ1) is 17.3. The highest BCUT2D eigenvalue weighted by Gasteiger charge is 2.34. The first-order chi connectivity index (χ1) is 12.9. The number of rotatable bonds is 2. The molecule has 1 saturated heterocycles. The van der Waals surface area contributed by atoms with Gasteiger partial charge in [0.2, 0.25) is 5.82 Å². The Morgan fingerprint density at radius 2 is 1.89 bits per heavy atom. The van der Waals surface area contributed by atoms with Crippen LogP contribution in [0.5, 0.6) is 0 Å². The quantitative estimate of drug-likeness (QED) is 0.743. The molecule has 4 rings (SSSR count). The lowest BCUT2D eigenvalue weighted by Gasteiger charge is -2.35. The van der Waals surface area contributed by atoms with Gasteiger partial charge in [0.15, 0.2) is 0 Å². The average molecular weight is 376 g/mol. The second kappa shape index (κ2) is 6.53. The number of fused-ring (bicyclic) bond motifs is 1. The lowest BCUT2D eigenvalue weighted by atomic mass is 10.1. The Balaban J connectivity index is 1.48. The Kier molecular flexibility index (Phi) is 4.17. The van der Waals surface area contributed by atoms with E-state index in [9.17, 15) is 18.0 Å². The smallest absolute Gasteiger partial charge is 0.352 e. The van der Waals surface area contributed by atoms with Crippen molar-refractivity contribution in [1.29, 1.82) is 0 Å². The van der Waals surface area contributed by atoms with Gasteiger partial charge >= 0.3 is 6.18 Å². The molecule has 0 bridgehead atoms. The van der Waals surface area contributed by atoms with Crippen LogP contribution in [0.3, 0.4) is 0 Å². The van der Waals surface area contributed by atoms with Crippen LogP contribution in [0.4, 0.5) is 19.0 Å². The van der Waals surface area contributed by atoms with Crippen molar-refractivity contribution >= 4 is 22.8 Å². The topological polar surface area (TPSA) is 78.0 Å². The summed E-state index contributed by atoms with van der Waals surface area (Å²) in [5.74, 6) is -0.540. The number of imidazole rings is 1. The predicted octanol–water partition coefficient (Wildman–Crippen LogP) is 2.33. The van der Waals surface area contributed by atoms with Crippen LogP contribution in [0.25, 0.3) is 11.0 Å². The summed E-state index contributed by atoms with van der Waals surface area (Å²) in [4.78, 5) is 30.4. The van der Waals surface area contributed by atoms with E-state index in [-0.39, 0.29) is 16.9 Å². The number of H-pyrrole nitrogens is 1. The van der Waals surface area contributed by atoms with E-state index in [1.807, 2.05) is 4.90 Å². The number of piperazine rings is 1. The summed E-state index contributed by atoms with van der Waals surface area (Å²) in [7, 11) is 0. The van der Waals surface area contributed by atoms with Crippen LogP contribution in [0.15, 0.2) is 36.8 Å². The van der Waals surface area contributed by atoms with Crippen molar-refractivity contribution in [3.63, 3.8) is 0 Å². The predicted molar refractivity (Wildman–Crippen MR) is 91.2 cm³/mol. The maximum absolute atomic E-state index is 12.8. The Labute approximate surface area is 151 Å². The second-order valence-electron chi connectivity index (χ2n) is 6.16. The molecule has 27 heavy (non-hydrogen) atoms. The summed E-state index contributed by atoms with van der Waals surface area (Å²) in [5, 5.41) is 0. The van der Waals surface area contributed by atoms with Gasteiger partial charge in [0.1, 0.15) is 5.82 Å². The summed E-state index contributed by atoms with van der Waals surface area (Å²) in [6.07, 6.45) is 0.322. The molecule has 0 saturated carbocycles. The van der Waals surface area contributed by atoms with Crippen LogP contribution in [0.1, 0.15) is 16.2 Å². The molecule has 3 aromatic rings. The number of nitrogens with zero attached hydrogens (tertiary/aromatic N) is 5. The number of carbonyl (C=O) groups excluding carboxylic acids is 1. The van der Waals surface area contributed by atoms with Gasteiger partial charge in [-0.1, -0.05) is 0 Å². The summed E-state index contributed by atoms with van der Waals surface area (Å²) in [6, 6.07) is 4.33. The molecule has 0 radical (unpaired) electrons. The van der Waals surface area contributed by atoms with Gasteiger partial charge in [-0.05, 0) is 18.2 Å². The molecule has 0 atom stereocenters. The van der Waals surface area contributed by atoms with E-state index in [1.54, 1.807) is 23.5 Å². The van der Waals surface area contributed by atoms with Crippen molar-refractivity contribution in [3.05, 3.63) is 48.2 Å². The van der Waals surface area contributed by atoms with E-state index >= 15 is 0 Å². The maximum atomic E-state index is 12.8. The molecule has 1 fully saturated rings. The third kappa shape index (κ3) is 3.42. The van der Waals surface area contributed by atoms with E-state index in [0.717, 1.165) is 5.82 Å². The number of carbonyl (C=O) groups is 1. The maximum Gasteiger partial charge on any atom is 0.449 e. The van der Waals surface area contributed by atoms with Crippen LogP contribution in [-0.2, 0) is 6.18 Å². The fraction of sp³-hybridized carbons (Fsp3) is 0.294. The number of aromatic nitrogens is 4. The van der Waals surface area contributed by atoms with Crippen LogP contribution in [0, 0.1) is 0 Å². The molecule has 0 aliphatic carbocycles. The zero-order chi connectivity index (χ0) is 19.0. The van der Waals surface area contributed by atoms with Gasteiger partial charge in [-0.15, -0.1) is 0 Å². The normalized spacial score (nSPS) is 15.4. The monoisotopic (exact) mass is 376 g/mol. The third-order valence-corrected chi connectivity index (χ3v) is 4.44. The lowest BCUT2D eigenvalue weighted by Crippen LogP contribution is -2.49. The Hall–Kier alpha value is -3.17. The molecule has 1 aliphatic rings. The largest absolute Gasteiger partial charge is 0.449 e. The molecule has 0 spiro atoms. The van der Waals surface area contributed by atoms with Crippen molar-refractivity contribution in [2.45, 2.75) is 6.18 Å². The molecule has 7 nitrogen and oxygen atoms in total. The standard InChI is InChI=1S/C17H15F3N6O/c18-17(19,20)16-23-12-2-1-11(9-13(12)24-16)15(27)26-7-5-25(6-8-26)14-10-21-3-4-22-14/h1-4,9-10H,5-8H2,(H,23,24). The summed E-state index contributed by atoms with van der Waals surface area (Å²) < 4.78 is 38.3. The molecule has 140 valence electrons. The first-order valence-corrected chi connectivity index (χ1v) is 8.29. The van der Waals surface area contributed by atoms with Gasteiger partial charge in [0.25, 0.3) is 5.91 Å². The number of anilines is 1. The fourth-order valence-corrected chi connectivity index (χ4v) is 3.05. The average Bonchev–Trinajstić information content (AvgIpc) is 3.12. The van der Waals surface area contributed by atoms with Gasteiger partial charge in [-0.3, -0.25) is 9.78 Å². The molecular weight excluding hydrogens is 361 g/mol. The van der Waals surface area contributed by atoms with Crippen molar-refractivity contribution in [2.24, 2.45) is 0 Å². The minimum atomic E-state index is -4.56. The van der Waals surface area contributed by atoms with Crippen LogP contribution in [-0.4, -0.2) is 56.9 Å². The SMILES string of the molecule is O=C(c1ccc2nc(C(F)(F)F)[nH]c2c1)N1CCN(c2cnccn2)CC1. The van der Waals surface area contributed by atoms with E-state index in [4.69, 9.17) is 0 Å². The van der Waals surface area contributed by atoms with Gasteiger partial charge in [-0.2, -0.15) is 13.2 Å². The highest BCUT2D eigenvalue weighted by atomic mass is 19.4. The van der Waals surface area contributed by atoms with E-state index in [1.165, 1.54) is 18.2 Å². The van der Waals surface area contributed by atoms with Crippen LogP contribution >= 0.6 is 0 Å². The van der Waals surface area contributed by atoms with Crippen LogP contribution < -0.4 is 4.90 Å². The number of halogens is 3. The lowest BCUT2D eigenvalue weighted by molar-refractivity contribution is -0.144. The fourth-order valence-electron chi connectivity index (χ4n) is 3.05. The minimum absolute atomic E-state index is 0.173. The van der Waals surface area contributed by atoms with Crippen molar-refractivity contribution < 1.29 is 18.0 Å². The molecule has 2 aromatic heterocycles. The highest BCUT2D eigenvalue weighted by molar-refractivity contribution is 5.97. The number of benzene rings is 1. The second-order valence-corrected chi connectivity index (χ2v) is 6.16. The van der Waals surface area contributed by atoms with Crippen molar-refractivity contribution in [1.82, 2.24) is 24.8 Å². The molecule has 3 heterocycles. The molecule has 1 aromatic carbocycles. The van der Waals surface area contributed by atoms with Crippen molar-refractivity contribution in [2.75, 3.05) is 31.1 Å². The number of hydrogen-bond acceptors (Lipinski definition) is 5. The molecule has 1 aliphatic heterocycles. The Bertz CT molecular complexity index is 964. The van der Waals surface area contributed by atoms with Crippen LogP contribution in [0.2, 0.25) is 0 Å². The molecule has 0 unspecified atom stereocenters. The molecule has 10 heteroatoms. The zero-order valence-electron chi connectivity index (χ0n) is 14.1. The summed E-state index contributed by atoms with van der Waals surface area (Å²) in [6.45, 7) is 2.19. The van der Waals surface area contributed by atoms with E-state index in [0.29, 0.717) is 31.7 Å². The Morgan fingerprint density at radius 3 is 2.56 bits per heavy atom. The number of alkyl halides is 3. The van der Waals surface area contributed by atoms with E-state index < -0.39 is 12.0 Å². The van der Waals surface area contributed by atoms with Gasteiger partial charge in [-0.25, -0.2) is 9.97 Å². The highest BCUT2D eigenvalue weighted by Crippen LogP contribution is 2.29. The van der Waals surface area contributed by atoms with Crippen molar-refractivity contribution in [3.8, 4) is 0 Å². The third-order valence-electron chi connectivity index (χ3n) is 4.44. The number of nitrogens with one attached hydrogen (secondary N) is 1. The van der Waals surface area contributed by atoms with Gasteiger partial charge < -0.3 is 14.8 Å². The summed E-state index contributed by atoms with van der Waals surface area (Å²) in [5.41, 5.74) is 0.686.